The van der Waals surface area contributed by atoms with Gasteiger partial charge in [-0.15, -0.1) is 0 Å². The fourth-order valence-electron chi connectivity index (χ4n) is 6.85. The van der Waals surface area contributed by atoms with E-state index in [4.69, 9.17) is 9.47 Å². The van der Waals surface area contributed by atoms with Crippen LogP contribution in [0.4, 0.5) is 0 Å². The van der Waals surface area contributed by atoms with Crippen molar-refractivity contribution in [1.82, 2.24) is 0 Å². The van der Waals surface area contributed by atoms with E-state index in [1.54, 1.807) is 13.8 Å². The number of hydrogen-bond acceptors (Lipinski definition) is 12. The molecule has 0 unspecified atom stereocenters. The molecule has 2 aromatic rings. The smallest absolute Gasteiger partial charge is 0.190 e. The number of rotatable bonds is 3. The number of fused-ring (bicyclic) bond motifs is 4. The van der Waals surface area contributed by atoms with Gasteiger partial charge in [0.15, 0.2) is 22.8 Å². The second kappa shape index (κ2) is 9.20. The van der Waals surface area contributed by atoms with Gasteiger partial charge in [-0.1, -0.05) is 13.8 Å². The van der Waals surface area contributed by atoms with Crippen LogP contribution >= 0.6 is 0 Å². The molecule has 6 atom stereocenters. The van der Waals surface area contributed by atoms with Crippen LogP contribution in [0.2, 0.25) is 0 Å². The molecule has 8 N–H and O–H groups in total. The number of aliphatic hydroxyl groups is 6. The second-order valence-corrected chi connectivity index (χ2v) is 11.5. The molecule has 0 radical (unpaired) electrons. The summed E-state index contributed by atoms with van der Waals surface area (Å²) >= 11 is 0. The van der Waals surface area contributed by atoms with E-state index in [9.17, 15) is 50.4 Å². The zero-order chi connectivity index (χ0) is 30.5. The molecule has 0 aromatic heterocycles. The van der Waals surface area contributed by atoms with Crippen LogP contribution < -0.4 is 9.47 Å². The Morgan fingerprint density at radius 3 is 1.38 bits per heavy atom. The quantitative estimate of drug-likeness (QED) is 0.258. The van der Waals surface area contributed by atoms with E-state index in [0.29, 0.717) is 0 Å². The molecule has 0 amide bonds. The van der Waals surface area contributed by atoms with Crippen LogP contribution in [-0.4, -0.2) is 89.0 Å². The molecule has 12 nitrogen and oxygen atoms in total. The maximum atomic E-state index is 13.0. The Labute approximate surface area is 239 Å². The Morgan fingerprint density at radius 2 is 1.05 bits per heavy atom. The highest BCUT2D eigenvalue weighted by Gasteiger charge is 2.59. The van der Waals surface area contributed by atoms with Gasteiger partial charge in [0, 0.05) is 24.0 Å². The van der Waals surface area contributed by atoms with Gasteiger partial charge in [0.25, 0.3) is 0 Å². The van der Waals surface area contributed by atoms with Crippen LogP contribution in [-0.2, 0) is 9.59 Å². The Bertz CT molecular complexity index is 1500. The maximum Gasteiger partial charge on any atom is 0.190 e. The summed E-state index contributed by atoms with van der Waals surface area (Å²) in [5.74, 6) is -5.39. The number of aliphatic hydroxyl groups excluding tert-OH is 6. The van der Waals surface area contributed by atoms with Crippen LogP contribution in [0, 0.1) is 11.8 Å². The monoisotopic (exact) mass is 582 g/mol. The lowest BCUT2D eigenvalue weighted by atomic mass is 9.69. The first-order valence-corrected chi connectivity index (χ1v) is 13.5. The molecule has 0 saturated heterocycles. The van der Waals surface area contributed by atoms with Gasteiger partial charge in [-0.05, 0) is 36.1 Å². The number of aromatic hydroxyl groups is 2. The molecule has 2 aromatic carbocycles. The second-order valence-electron chi connectivity index (χ2n) is 11.5. The summed E-state index contributed by atoms with van der Waals surface area (Å²) in [6.45, 7) is 1.35. The Kier molecular flexibility index (Phi) is 6.14. The number of hydrogen-bond donors (Lipinski definition) is 8. The Morgan fingerprint density at radius 1 is 0.690 bits per heavy atom. The number of ether oxygens (including phenoxy) is 2. The molecule has 4 aliphatic rings. The zero-order valence-electron chi connectivity index (χ0n) is 22.7. The minimum atomic E-state index is -2.09. The number of carbonyl (C=O) groups excluding carboxylic acids is 2. The molecule has 42 heavy (non-hydrogen) atoms. The van der Waals surface area contributed by atoms with Crippen molar-refractivity contribution in [2.75, 3.05) is 13.2 Å². The summed E-state index contributed by atoms with van der Waals surface area (Å²) < 4.78 is 12.4. The Balaban J connectivity index is 1.65. The van der Waals surface area contributed by atoms with Crippen molar-refractivity contribution in [2.45, 2.75) is 50.1 Å². The first-order valence-electron chi connectivity index (χ1n) is 13.5. The van der Waals surface area contributed by atoms with Crippen LogP contribution in [0.15, 0.2) is 35.4 Å². The minimum Gasteiger partial charge on any atom is -0.507 e. The molecule has 2 aliphatic carbocycles. The molecule has 6 rings (SSSR count). The average Bonchev–Trinajstić information content (AvgIpc) is 2.94. The fraction of sp³-hybridized carbons (Fsp3) is 0.400. The maximum absolute atomic E-state index is 13.0. The average molecular weight is 583 g/mol. The van der Waals surface area contributed by atoms with Crippen LogP contribution in [0.25, 0.3) is 22.6 Å². The molecular weight excluding hydrogens is 552 g/mol. The lowest BCUT2D eigenvalue weighted by Crippen LogP contribution is -2.61. The van der Waals surface area contributed by atoms with Gasteiger partial charge in [0.2, 0.25) is 0 Å². The van der Waals surface area contributed by atoms with Gasteiger partial charge >= 0.3 is 0 Å². The molecule has 2 aliphatic heterocycles. The fourth-order valence-corrected chi connectivity index (χ4v) is 6.85. The lowest BCUT2D eigenvalue weighted by Gasteiger charge is -2.47. The summed E-state index contributed by atoms with van der Waals surface area (Å²) in [7, 11) is 0. The topological polar surface area (TPSA) is 214 Å². The van der Waals surface area contributed by atoms with Crippen LogP contribution in [0.3, 0.4) is 0 Å². The van der Waals surface area contributed by atoms with Crippen molar-refractivity contribution in [2.24, 2.45) is 11.8 Å². The van der Waals surface area contributed by atoms with E-state index in [0.717, 1.165) is 0 Å². The number of ketones is 2. The van der Waals surface area contributed by atoms with Gasteiger partial charge in [0.1, 0.15) is 57.9 Å². The molecule has 222 valence electrons. The highest BCUT2D eigenvalue weighted by Crippen LogP contribution is 2.57. The highest BCUT2D eigenvalue weighted by molar-refractivity contribution is 6.08. The third kappa shape index (κ3) is 3.37. The van der Waals surface area contributed by atoms with Gasteiger partial charge in [-0.25, -0.2) is 0 Å². The summed E-state index contributed by atoms with van der Waals surface area (Å²) in [4.78, 5) is 26.1. The SMILES string of the molecule is C[C@@H]1CC(=O)C2=C(O)c3c(O)ccc(-c4ccc(O)c5c4O[C@@]4(CO)C(=C5O)C(=O)C[C@@H](C)[C@H]4O)c3O[C@]2(CO)[C@@H]1O. The predicted octanol–water partition coefficient (Wildman–Crippen LogP) is 1.49. The lowest BCUT2D eigenvalue weighted by molar-refractivity contribution is -0.137. The molecule has 2 heterocycles. The summed E-state index contributed by atoms with van der Waals surface area (Å²) in [5.41, 5.74) is -5.45. The summed E-state index contributed by atoms with van der Waals surface area (Å²) in [6, 6.07) is 5.08. The van der Waals surface area contributed by atoms with Crippen molar-refractivity contribution in [3.8, 4) is 34.1 Å². The molecule has 2 fully saturated rings. The molecule has 0 spiro atoms. The number of Topliss-reactive ketones (excluding diaryl/α,β-unsaturated/α-hetero) is 2. The van der Waals surface area contributed by atoms with E-state index in [-0.39, 0.29) is 57.7 Å². The minimum absolute atomic E-state index is 0.0596. The van der Waals surface area contributed by atoms with E-state index in [1.165, 1.54) is 24.3 Å². The summed E-state index contributed by atoms with van der Waals surface area (Å²) in [6.07, 6.45) is -3.17. The third-order valence-corrected chi connectivity index (χ3v) is 9.00. The van der Waals surface area contributed by atoms with Crippen molar-refractivity contribution >= 4 is 23.1 Å². The van der Waals surface area contributed by atoms with Gasteiger partial charge in [-0.2, -0.15) is 0 Å². The van der Waals surface area contributed by atoms with Crippen molar-refractivity contribution in [3.63, 3.8) is 0 Å². The Hall–Kier alpha value is -4.10. The molecule has 0 bridgehead atoms. The van der Waals surface area contributed by atoms with Gasteiger partial charge in [0.05, 0.1) is 24.4 Å². The van der Waals surface area contributed by atoms with E-state index < -0.39 is 83.0 Å². The largest absolute Gasteiger partial charge is 0.507 e. The van der Waals surface area contributed by atoms with Crippen molar-refractivity contribution in [1.29, 1.82) is 0 Å². The van der Waals surface area contributed by atoms with E-state index >= 15 is 0 Å². The van der Waals surface area contributed by atoms with Gasteiger partial charge in [-0.3, -0.25) is 9.59 Å². The highest BCUT2D eigenvalue weighted by atomic mass is 16.5. The van der Waals surface area contributed by atoms with Crippen LogP contribution in [0.5, 0.6) is 23.0 Å². The number of phenolic OH excluding ortho intramolecular Hbond substituents is 2. The van der Waals surface area contributed by atoms with E-state index in [1.807, 2.05) is 0 Å². The number of benzene rings is 2. The first kappa shape index (κ1) is 28.0. The van der Waals surface area contributed by atoms with Crippen molar-refractivity contribution in [3.05, 3.63) is 46.5 Å². The molecular formula is C30H30O12. The normalized spacial score (nSPS) is 32.0. The number of carbonyl (C=O) groups is 2. The number of phenols is 2. The van der Waals surface area contributed by atoms with Crippen molar-refractivity contribution < 1.29 is 59.9 Å². The van der Waals surface area contributed by atoms with Crippen LogP contribution in [0.1, 0.15) is 37.8 Å². The first-order chi connectivity index (χ1) is 19.8. The molecule has 2 saturated carbocycles. The predicted molar refractivity (Wildman–Crippen MR) is 145 cm³/mol. The summed E-state index contributed by atoms with van der Waals surface area (Å²) in [5, 5.41) is 87.3. The zero-order valence-corrected chi connectivity index (χ0v) is 22.7. The standard InChI is InChI=1S/C30H30O12/c1-11-7-17(35)21-23(37)19-15(33)5-3-13(25(19)41-29(21,9-31)27(11)39)14-4-6-16(34)20-24(38)22-18(36)8-12(2)28(40)30(22,10-32)42-26(14)20/h3-6,11-12,27-28,31-34,37-40H,7-10H2,1-2H3/t11-,12-,27-,28-,29+,30+/m1/s1. The molecule has 12 heteroatoms. The third-order valence-electron chi connectivity index (χ3n) is 9.00. The van der Waals surface area contributed by atoms with Gasteiger partial charge < -0.3 is 50.3 Å². The van der Waals surface area contributed by atoms with E-state index in [2.05, 4.69) is 0 Å².